The SMILES string of the molecule is Fc1cc2[nH]c(-c3cccc4c3OCCO4)nc2cc1Br. The maximum absolute atomic E-state index is 13.6. The number of H-pyrrole nitrogens is 1. The molecule has 0 saturated carbocycles. The molecule has 1 aliphatic heterocycles. The quantitative estimate of drug-likeness (QED) is 0.725. The van der Waals surface area contributed by atoms with Crippen LogP contribution in [0.2, 0.25) is 0 Å². The predicted molar refractivity (Wildman–Crippen MR) is 80.2 cm³/mol. The molecule has 0 spiro atoms. The molecule has 1 N–H and O–H groups in total. The summed E-state index contributed by atoms with van der Waals surface area (Å²) in [6.45, 7) is 1.04. The number of fused-ring (bicyclic) bond motifs is 2. The summed E-state index contributed by atoms with van der Waals surface area (Å²) in [6.07, 6.45) is 0. The molecule has 3 aromatic rings. The van der Waals surface area contributed by atoms with Gasteiger partial charge in [0.15, 0.2) is 11.5 Å². The van der Waals surface area contributed by atoms with Gasteiger partial charge in [-0.1, -0.05) is 6.07 Å². The van der Waals surface area contributed by atoms with Crippen LogP contribution in [0.4, 0.5) is 4.39 Å². The zero-order chi connectivity index (χ0) is 14.4. The maximum Gasteiger partial charge on any atom is 0.172 e. The smallest absolute Gasteiger partial charge is 0.172 e. The number of aromatic amines is 1. The minimum atomic E-state index is -0.327. The molecular formula is C15H10BrFN2O2. The van der Waals surface area contributed by atoms with Crippen LogP contribution < -0.4 is 9.47 Å². The van der Waals surface area contributed by atoms with Gasteiger partial charge in [-0.25, -0.2) is 9.37 Å². The number of aromatic nitrogens is 2. The van der Waals surface area contributed by atoms with E-state index in [9.17, 15) is 4.39 Å². The van der Waals surface area contributed by atoms with E-state index in [-0.39, 0.29) is 5.82 Å². The Balaban J connectivity index is 1.91. The Kier molecular flexibility index (Phi) is 2.85. The third-order valence-electron chi connectivity index (χ3n) is 3.35. The number of halogens is 2. The number of hydrogen-bond donors (Lipinski definition) is 1. The minimum absolute atomic E-state index is 0.327. The highest BCUT2D eigenvalue weighted by molar-refractivity contribution is 9.10. The van der Waals surface area contributed by atoms with Crippen LogP contribution in [-0.2, 0) is 0 Å². The second-order valence-corrected chi connectivity index (χ2v) is 5.55. The molecule has 21 heavy (non-hydrogen) atoms. The lowest BCUT2D eigenvalue weighted by molar-refractivity contribution is 0.172. The first-order chi connectivity index (χ1) is 10.2. The van der Waals surface area contributed by atoms with E-state index >= 15 is 0 Å². The van der Waals surface area contributed by atoms with Crippen molar-refractivity contribution in [1.82, 2.24) is 9.97 Å². The molecule has 2 aromatic carbocycles. The van der Waals surface area contributed by atoms with Crippen molar-refractivity contribution >= 4 is 27.0 Å². The Morgan fingerprint density at radius 2 is 2.05 bits per heavy atom. The molecule has 0 aliphatic carbocycles. The Bertz CT molecular complexity index is 808. The van der Waals surface area contributed by atoms with Gasteiger partial charge in [0.1, 0.15) is 24.9 Å². The van der Waals surface area contributed by atoms with Crippen molar-refractivity contribution in [1.29, 1.82) is 0 Å². The highest BCUT2D eigenvalue weighted by Crippen LogP contribution is 2.39. The monoisotopic (exact) mass is 348 g/mol. The topological polar surface area (TPSA) is 47.1 Å². The van der Waals surface area contributed by atoms with E-state index in [1.807, 2.05) is 18.2 Å². The summed E-state index contributed by atoms with van der Waals surface area (Å²) in [6, 6.07) is 8.71. The fourth-order valence-corrected chi connectivity index (χ4v) is 2.72. The summed E-state index contributed by atoms with van der Waals surface area (Å²) < 4.78 is 25.2. The number of benzene rings is 2. The van der Waals surface area contributed by atoms with E-state index in [1.54, 1.807) is 6.07 Å². The first kappa shape index (κ1) is 12.6. The summed E-state index contributed by atoms with van der Waals surface area (Å²) in [5.74, 6) is 1.67. The summed E-state index contributed by atoms with van der Waals surface area (Å²) >= 11 is 3.17. The fraction of sp³-hybridized carbons (Fsp3) is 0.133. The van der Waals surface area contributed by atoms with Crippen molar-refractivity contribution < 1.29 is 13.9 Å². The van der Waals surface area contributed by atoms with E-state index in [2.05, 4.69) is 25.9 Å². The molecule has 0 unspecified atom stereocenters. The minimum Gasteiger partial charge on any atom is -0.486 e. The van der Waals surface area contributed by atoms with Gasteiger partial charge in [0.2, 0.25) is 0 Å². The Morgan fingerprint density at radius 3 is 2.95 bits per heavy atom. The summed E-state index contributed by atoms with van der Waals surface area (Å²) in [4.78, 5) is 7.63. The van der Waals surface area contributed by atoms with Gasteiger partial charge in [-0.3, -0.25) is 0 Å². The number of nitrogens with zero attached hydrogens (tertiary/aromatic N) is 1. The molecule has 4 nitrogen and oxygen atoms in total. The second kappa shape index (κ2) is 4.73. The number of hydrogen-bond acceptors (Lipinski definition) is 3. The van der Waals surface area contributed by atoms with Crippen LogP contribution in [0.25, 0.3) is 22.4 Å². The first-order valence-electron chi connectivity index (χ1n) is 6.46. The van der Waals surface area contributed by atoms with Gasteiger partial charge in [0.05, 0.1) is 21.1 Å². The third kappa shape index (κ3) is 2.06. The van der Waals surface area contributed by atoms with Gasteiger partial charge in [-0.05, 0) is 34.1 Å². The van der Waals surface area contributed by atoms with Gasteiger partial charge in [-0.2, -0.15) is 0 Å². The fourth-order valence-electron chi connectivity index (χ4n) is 2.39. The van der Waals surface area contributed by atoms with Crippen molar-refractivity contribution in [3.05, 3.63) is 40.6 Å². The highest BCUT2D eigenvalue weighted by Gasteiger charge is 2.19. The van der Waals surface area contributed by atoms with Crippen LogP contribution in [0.1, 0.15) is 0 Å². The largest absolute Gasteiger partial charge is 0.486 e. The average Bonchev–Trinajstić information content (AvgIpc) is 2.90. The van der Waals surface area contributed by atoms with Crippen LogP contribution in [-0.4, -0.2) is 23.2 Å². The Hall–Kier alpha value is -2.08. The van der Waals surface area contributed by atoms with Crippen molar-refractivity contribution in [2.45, 2.75) is 0 Å². The third-order valence-corrected chi connectivity index (χ3v) is 3.95. The van der Waals surface area contributed by atoms with Crippen LogP contribution in [0, 0.1) is 5.82 Å². The molecule has 6 heteroatoms. The molecule has 1 aromatic heterocycles. The molecule has 0 amide bonds. The number of nitrogens with one attached hydrogen (secondary N) is 1. The zero-order valence-corrected chi connectivity index (χ0v) is 12.4. The summed E-state index contributed by atoms with van der Waals surface area (Å²) in [5.41, 5.74) is 2.13. The van der Waals surface area contributed by atoms with Gasteiger partial charge in [-0.15, -0.1) is 0 Å². The molecule has 106 valence electrons. The molecule has 0 bridgehead atoms. The lowest BCUT2D eigenvalue weighted by Crippen LogP contribution is -2.15. The van der Waals surface area contributed by atoms with Gasteiger partial charge in [0.25, 0.3) is 0 Å². The van der Waals surface area contributed by atoms with Crippen LogP contribution in [0.5, 0.6) is 11.5 Å². The van der Waals surface area contributed by atoms with E-state index < -0.39 is 0 Å². The van der Waals surface area contributed by atoms with Crippen molar-refractivity contribution in [2.75, 3.05) is 13.2 Å². The molecule has 2 heterocycles. The number of ether oxygens (including phenoxy) is 2. The maximum atomic E-state index is 13.6. The zero-order valence-electron chi connectivity index (χ0n) is 10.8. The van der Waals surface area contributed by atoms with Gasteiger partial charge >= 0.3 is 0 Å². The normalized spacial score (nSPS) is 13.6. The van der Waals surface area contributed by atoms with Crippen LogP contribution >= 0.6 is 15.9 Å². The number of imidazole rings is 1. The average molecular weight is 349 g/mol. The van der Waals surface area contributed by atoms with E-state index in [1.165, 1.54) is 6.07 Å². The predicted octanol–water partition coefficient (Wildman–Crippen LogP) is 3.90. The highest BCUT2D eigenvalue weighted by atomic mass is 79.9. The molecule has 0 fully saturated rings. The van der Waals surface area contributed by atoms with Crippen LogP contribution in [0.15, 0.2) is 34.8 Å². The molecule has 0 radical (unpaired) electrons. The lowest BCUT2D eigenvalue weighted by Gasteiger charge is -2.20. The van der Waals surface area contributed by atoms with Crippen LogP contribution in [0.3, 0.4) is 0 Å². The molecule has 4 rings (SSSR count). The van der Waals surface area contributed by atoms with Gasteiger partial charge < -0.3 is 14.5 Å². The summed E-state index contributed by atoms with van der Waals surface area (Å²) in [7, 11) is 0. The van der Waals surface area contributed by atoms with Crippen molar-refractivity contribution in [2.24, 2.45) is 0 Å². The molecule has 0 atom stereocenters. The lowest BCUT2D eigenvalue weighted by atomic mass is 10.1. The number of para-hydroxylation sites is 1. The molecule has 0 saturated heterocycles. The molecule has 1 aliphatic rings. The Labute approximate surface area is 128 Å². The Morgan fingerprint density at radius 1 is 1.19 bits per heavy atom. The van der Waals surface area contributed by atoms with Crippen molar-refractivity contribution in [3.63, 3.8) is 0 Å². The van der Waals surface area contributed by atoms with E-state index in [0.717, 1.165) is 5.56 Å². The van der Waals surface area contributed by atoms with E-state index in [0.29, 0.717) is 46.0 Å². The van der Waals surface area contributed by atoms with Gasteiger partial charge in [0, 0.05) is 6.07 Å². The second-order valence-electron chi connectivity index (χ2n) is 4.70. The standard InChI is InChI=1S/C15H10BrFN2O2/c16-9-6-11-12(7-10(9)17)19-15(18-11)8-2-1-3-13-14(8)21-5-4-20-13/h1-3,6-7H,4-5H2,(H,18,19). The first-order valence-corrected chi connectivity index (χ1v) is 7.25. The summed E-state index contributed by atoms with van der Waals surface area (Å²) in [5, 5.41) is 0. The van der Waals surface area contributed by atoms with Crippen molar-refractivity contribution in [3.8, 4) is 22.9 Å². The molecular weight excluding hydrogens is 339 g/mol. The number of rotatable bonds is 1. The van der Waals surface area contributed by atoms with E-state index in [4.69, 9.17) is 9.47 Å².